The zero-order chi connectivity index (χ0) is 11.1. The maximum atomic E-state index is 5.34. The molecule has 1 fully saturated rings. The summed E-state index contributed by atoms with van der Waals surface area (Å²) in [5, 5.41) is 3.52. The largest absolute Gasteiger partial charge is 0.354 e. The van der Waals surface area contributed by atoms with Gasteiger partial charge in [0.05, 0.1) is 6.04 Å². The second-order valence-corrected chi connectivity index (χ2v) is 4.43. The first kappa shape index (κ1) is 12.9. The quantitative estimate of drug-likeness (QED) is 0.629. The molecule has 1 aliphatic carbocycles. The fourth-order valence-electron chi connectivity index (χ4n) is 2.13. The molecule has 1 atom stereocenters. The van der Waals surface area contributed by atoms with E-state index in [1.54, 1.807) is 14.2 Å². The molecule has 1 N–H and O–H groups in total. The third kappa shape index (κ3) is 4.09. The summed E-state index contributed by atoms with van der Waals surface area (Å²) in [5.74, 6) is 0.882. The highest BCUT2D eigenvalue weighted by atomic mass is 16.7. The number of nitrogens with one attached hydrogen (secondary N) is 1. The molecule has 0 saturated heterocycles. The summed E-state index contributed by atoms with van der Waals surface area (Å²) < 4.78 is 10.7. The summed E-state index contributed by atoms with van der Waals surface area (Å²) in [5.41, 5.74) is 0. The Morgan fingerprint density at radius 3 is 2.33 bits per heavy atom. The average molecular weight is 215 g/mol. The summed E-state index contributed by atoms with van der Waals surface area (Å²) >= 11 is 0. The van der Waals surface area contributed by atoms with Crippen molar-refractivity contribution < 1.29 is 9.47 Å². The molecule has 1 aliphatic rings. The minimum absolute atomic E-state index is 0.0999. The summed E-state index contributed by atoms with van der Waals surface area (Å²) in [4.78, 5) is 0. The monoisotopic (exact) mass is 215 g/mol. The molecule has 0 aliphatic heterocycles. The Balaban J connectivity index is 2.34. The van der Waals surface area contributed by atoms with Crippen molar-refractivity contribution in [2.75, 3.05) is 20.8 Å². The van der Waals surface area contributed by atoms with Gasteiger partial charge in [-0.1, -0.05) is 26.2 Å². The molecule has 1 unspecified atom stereocenters. The lowest BCUT2D eigenvalue weighted by Crippen LogP contribution is -2.44. The van der Waals surface area contributed by atoms with Crippen LogP contribution in [0.15, 0.2) is 0 Å². The Morgan fingerprint density at radius 1 is 1.27 bits per heavy atom. The summed E-state index contributed by atoms with van der Waals surface area (Å²) in [6, 6.07) is 0.352. The molecule has 0 aromatic carbocycles. The SMILES string of the molecule is CCCNC(CC1CCC1)C(OC)OC. The fourth-order valence-corrected chi connectivity index (χ4v) is 2.13. The molecular formula is C12H25NO2. The maximum Gasteiger partial charge on any atom is 0.171 e. The van der Waals surface area contributed by atoms with E-state index in [-0.39, 0.29) is 6.29 Å². The van der Waals surface area contributed by atoms with E-state index in [9.17, 15) is 0 Å². The van der Waals surface area contributed by atoms with Gasteiger partial charge in [0.25, 0.3) is 0 Å². The molecule has 0 amide bonds. The highest BCUT2D eigenvalue weighted by molar-refractivity contribution is 4.79. The molecule has 3 nitrogen and oxygen atoms in total. The van der Waals surface area contributed by atoms with Crippen molar-refractivity contribution in [3.63, 3.8) is 0 Å². The maximum absolute atomic E-state index is 5.34. The van der Waals surface area contributed by atoms with Gasteiger partial charge in [-0.25, -0.2) is 0 Å². The van der Waals surface area contributed by atoms with E-state index < -0.39 is 0 Å². The van der Waals surface area contributed by atoms with Gasteiger partial charge in [0, 0.05) is 14.2 Å². The van der Waals surface area contributed by atoms with Gasteiger partial charge in [-0.05, 0) is 25.3 Å². The van der Waals surface area contributed by atoms with E-state index in [0.29, 0.717) is 6.04 Å². The van der Waals surface area contributed by atoms with Crippen LogP contribution in [0.2, 0.25) is 0 Å². The van der Waals surface area contributed by atoms with Gasteiger partial charge < -0.3 is 14.8 Å². The van der Waals surface area contributed by atoms with Crippen molar-refractivity contribution in [1.82, 2.24) is 5.32 Å². The summed E-state index contributed by atoms with van der Waals surface area (Å²) in [6.07, 6.45) is 6.40. The zero-order valence-corrected chi connectivity index (χ0v) is 10.3. The molecule has 0 aromatic heterocycles. The van der Waals surface area contributed by atoms with Crippen LogP contribution >= 0.6 is 0 Å². The molecule has 1 rings (SSSR count). The fraction of sp³-hybridized carbons (Fsp3) is 1.00. The highest BCUT2D eigenvalue weighted by Crippen LogP contribution is 2.31. The van der Waals surface area contributed by atoms with Gasteiger partial charge in [0.2, 0.25) is 0 Å². The van der Waals surface area contributed by atoms with E-state index in [4.69, 9.17) is 9.47 Å². The summed E-state index contributed by atoms with van der Waals surface area (Å²) in [6.45, 7) is 3.22. The Kier molecular flexibility index (Phi) is 6.22. The van der Waals surface area contributed by atoms with Crippen LogP contribution in [0.4, 0.5) is 0 Å². The standard InChI is InChI=1S/C12H25NO2/c1-4-8-13-11(12(14-2)15-3)9-10-6-5-7-10/h10-13H,4-9H2,1-3H3. The predicted molar refractivity (Wildman–Crippen MR) is 61.8 cm³/mol. The van der Waals surface area contributed by atoms with E-state index in [1.807, 2.05) is 0 Å². The molecule has 1 saturated carbocycles. The third-order valence-electron chi connectivity index (χ3n) is 3.26. The van der Waals surface area contributed by atoms with Gasteiger partial charge in [-0.3, -0.25) is 0 Å². The summed E-state index contributed by atoms with van der Waals surface area (Å²) in [7, 11) is 3.44. The van der Waals surface area contributed by atoms with Crippen molar-refractivity contribution in [2.45, 2.75) is 51.4 Å². The molecule has 3 heteroatoms. The molecule has 0 heterocycles. The zero-order valence-electron chi connectivity index (χ0n) is 10.3. The number of rotatable bonds is 8. The minimum atomic E-state index is -0.0999. The van der Waals surface area contributed by atoms with E-state index >= 15 is 0 Å². The average Bonchev–Trinajstić information content (AvgIpc) is 2.20. The number of methoxy groups -OCH3 is 2. The van der Waals surface area contributed by atoms with E-state index in [1.165, 1.54) is 25.7 Å². The Hall–Kier alpha value is -0.120. The van der Waals surface area contributed by atoms with Gasteiger partial charge in [-0.15, -0.1) is 0 Å². The second kappa shape index (κ2) is 7.20. The first-order valence-electron chi connectivity index (χ1n) is 6.10. The normalized spacial score (nSPS) is 19.2. The molecule has 0 spiro atoms. The smallest absolute Gasteiger partial charge is 0.171 e. The second-order valence-electron chi connectivity index (χ2n) is 4.43. The third-order valence-corrected chi connectivity index (χ3v) is 3.26. The Morgan fingerprint density at radius 2 is 1.93 bits per heavy atom. The lowest BCUT2D eigenvalue weighted by atomic mass is 9.80. The molecular weight excluding hydrogens is 190 g/mol. The van der Waals surface area contributed by atoms with Gasteiger partial charge in [0.15, 0.2) is 6.29 Å². The minimum Gasteiger partial charge on any atom is -0.354 e. The van der Waals surface area contributed by atoms with Gasteiger partial charge in [-0.2, -0.15) is 0 Å². The van der Waals surface area contributed by atoms with Crippen molar-refractivity contribution in [3.05, 3.63) is 0 Å². The van der Waals surface area contributed by atoms with Crippen LogP contribution in [0, 0.1) is 5.92 Å². The van der Waals surface area contributed by atoms with Crippen LogP contribution in [0.5, 0.6) is 0 Å². The van der Waals surface area contributed by atoms with Crippen LogP contribution in [-0.4, -0.2) is 33.1 Å². The predicted octanol–water partition coefficient (Wildman–Crippen LogP) is 2.16. The molecule has 90 valence electrons. The number of hydrogen-bond acceptors (Lipinski definition) is 3. The van der Waals surface area contributed by atoms with Crippen LogP contribution in [0.25, 0.3) is 0 Å². The first-order chi connectivity index (χ1) is 7.31. The van der Waals surface area contributed by atoms with Crippen molar-refractivity contribution in [2.24, 2.45) is 5.92 Å². The van der Waals surface area contributed by atoms with Crippen LogP contribution < -0.4 is 5.32 Å². The van der Waals surface area contributed by atoms with Crippen LogP contribution in [0.3, 0.4) is 0 Å². The lowest BCUT2D eigenvalue weighted by molar-refractivity contribution is -0.127. The number of hydrogen-bond donors (Lipinski definition) is 1. The molecule has 0 bridgehead atoms. The lowest BCUT2D eigenvalue weighted by Gasteiger charge is -2.33. The van der Waals surface area contributed by atoms with Crippen LogP contribution in [-0.2, 0) is 9.47 Å². The Labute approximate surface area is 93.5 Å². The van der Waals surface area contributed by atoms with E-state index in [2.05, 4.69) is 12.2 Å². The molecule has 0 aromatic rings. The Bertz CT molecular complexity index is 156. The topological polar surface area (TPSA) is 30.5 Å². The number of ether oxygens (including phenoxy) is 2. The van der Waals surface area contributed by atoms with Crippen molar-refractivity contribution in [3.8, 4) is 0 Å². The van der Waals surface area contributed by atoms with Gasteiger partial charge in [0.1, 0.15) is 0 Å². The first-order valence-corrected chi connectivity index (χ1v) is 6.10. The molecule has 15 heavy (non-hydrogen) atoms. The van der Waals surface area contributed by atoms with E-state index in [0.717, 1.165) is 18.9 Å². The van der Waals surface area contributed by atoms with Crippen LogP contribution in [0.1, 0.15) is 39.0 Å². The molecule has 0 radical (unpaired) electrons. The van der Waals surface area contributed by atoms with Crippen molar-refractivity contribution >= 4 is 0 Å². The van der Waals surface area contributed by atoms with Crippen molar-refractivity contribution in [1.29, 1.82) is 0 Å². The highest BCUT2D eigenvalue weighted by Gasteiger charge is 2.27. The van der Waals surface area contributed by atoms with Gasteiger partial charge >= 0.3 is 0 Å².